The first kappa shape index (κ1) is 97.7. The van der Waals surface area contributed by atoms with E-state index in [2.05, 4.69) is 98.7 Å². The number of nitrogens with one attached hydrogen (secondary N) is 3. The summed E-state index contributed by atoms with van der Waals surface area (Å²) in [5, 5.41) is 38.3. The summed E-state index contributed by atoms with van der Waals surface area (Å²) in [5.41, 5.74) is 18.9. The predicted octanol–water partition coefficient (Wildman–Crippen LogP) is 12.8. The number of likely N-dealkylation sites (tertiary alicyclic amines) is 2. The van der Waals surface area contributed by atoms with Gasteiger partial charge in [-0.05, 0) is 126 Å². The van der Waals surface area contributed by atoms with E-state index in [4.69, 9.17) is 29.8 Å². The van der Waals surface area contributed by atoms with E-state index in [9.17, 15) is 43.8 Å². The lowest BCUT2D eigenvalue weighted by Crippen LogP contribution is -2.57. The fourth-order valence-electron chi connectivity index (χ4n) is 10.1. The van der Waals surface area contributed by atoms with Crippen molar-refractivity contribution >= 4 is 117 Å². The number of aliphatic carboxylic acids is 1. The number of nitrogens with zero attached hydrogens (tertiary/aromatic N) is 4. The van der Waals surface area contributed by atoms with Gasteiger partial charge in [0.05, 0.1) is 57.0 Å². The molecule has 2 fully saturated rings. The van der Waals surface area contributed by atoms with Crippen LogP contribution in [0.25, 0.3) is 20.9 Å². The zero-order valence-corrected chi connectivity index (χ0v) is 69.7. The minimum absolute atomic E-state index is 0. The Balaban J connectivity index is 0.00000144. The number of carboxylic acid groups (broad SMARTS) is 1. The maximum atomic E-state index is 13.7. The molecule has 0 saturated carbocycles. The topological polar surface area (TPSA) is 337 Å². The van der Waals surface area contributed by atoms with E-state index < -0.39 is 53.2 Å². The number of benzene rings is 2. The fraction of sp³-hybridized carbons (Fsp3) is 0.662. The molecule has 4 heterocycles. The first-order valence-corrected chi connectivity index (χ1v) is 44.0. The molecule has 2 aromatic heterocycles. The molecule has 23 nitrogen and oxygen atoms in total. The Hall–Kier alpha value is -4.35. The first-order valence-electron chi connectivity index (χ1n) is 34.8. The molecule has 2 aliphatic rings. The SMILES string of the molecule is C.CC(C)(C)OC(=O)CCCCOCCBr.CCCCOCCCCC(=O)O.CCCOCCCCC(=O)N[C@H](C(=O)N1C[C@H](O)C[C@H]1C(=O)NCc1ccc(-c2scnc2C)cc1)C(C)(C)C.CN.Cc1ncsc1-c1ccc(CNC(=O)[C@@H]2C[C@@H](O)CN2C(=O)[C@@H](N)C(C)(C)C)cc1.II. The molecule has 5 amide bonds. The quantitative estimate of drug-likeness (QED) is 0.00950. The Morgan fingerprint density at radius 3 is 1.40 bits per heavy atom. The molecular formula is C74H122BrI2N9O14S2. The summed E-state index contributed by atoms with van der Waals surface area (Å²) < 4.78 is 21.2. The van der Waals surface area contributed by atoms with Gasteiger partial charge in [0.15, 0.2) is 0 Å². The lowest BCUT2D eigenvalue weighted by atomic mass is 9.85. The number of aliphatic hydroxyl groups excluding tert-OH is 2. The van der Waals surface area contributed by atoms with Gasteiger partial charge >= 0.3 is 11.9 Å². The van der Waals surface area contributed by atoms with Crippen molar-refractivity contribution in [3.05, 3.63) is 82.1 Å². The maximum absolute atomic E-state index is 13.7. The van der Waals surface area contributed by atoms with E-state index in [1.54, 1.807) is 22.7 Å². The van der Waals surface area contributed by atoms with Crippen LogP contribution in [-0.2, 0) is 65.6 Å². The normalized spacial score (nSPS) is 16.0. The molecule has 0 bridgehead atoms. The third-order valence-corrected chi connectivity index (χ3v) is 17.9. The van der Waals surface area contributed by atoms with Crippen molar-refractivity contribution in [1.82, 2.24) is 35.7 Å². The van der Waals surface area contributed by atoms with Gasteiger partial charge in [0.1, 0.15) is 23.7 Å². The number of nitrogens with two attached hydrogens (primary N) is 2. The number of ether oxygens (including phenoxy) is 4. The highest BCUT2D eigenvalue weighted by atomic mass is 128. The number of β-amino-alcohol motifs (C(OH)–C–C–N with tert-alkyl or cyclic N) is 2. The zero-order valence-electron chi connectivity index (χ0n) is 62.1. The van der Waals surface area contributed by atoms with Crippen LogP contribution in [0.5, 0.6) is 0 Å². The van der Waals surface area contributed by atoms with Crippen LogP contribution < -0.4 is 27.4 Å². The van der Waals surface area contributed by atoms with Gasteiger partial charge in [-0.1, -0.05) is 134 Å². The number of halogens is 3. The molecule has 102 heavy (non-hydrogen) atoms. The Labute approximate surface area is 648 Å². The zero-order chi connectivity index (χ0) is 76.3. The summed E-state index contributed by atoms with van der Waals surface area (Å²) in [7, 11) is 1.50. The van der Waals surface area contributed by atoms with Crippen molar-refractivity contribution in [1.29, 1.82) is 0 Å². The summed E-state index contributed by atoms with van der Waals surface area (Å²) >= 11 is 10.7. The number of carbonyl (C=O) groups is 7. The van der Waals surface area contributed by atoms with E-state index in [0.717, 1.165) is 113 Å². The second kappa shape index (κ2) is 53.4. The van der Waals surface area contributed by atoms with Crippen LogP contribution in [0.2, 0.25) is 0 Å². The largest absolute Gasteiger partial charge is 0.481 e. The third kappa shape index (κ3) is 39.3. The highest BCUT2D eigenvalue weighted by Gasteiger charge is 2.45. The number of hydrogen-bond donors (Lipinski definition) is 8. The summed E-state index contributed by atoms with van der Waals surface area (Å²) in [6, 6.07) is 12.8. The molecule has 0 radical (unpaired) electrons. The van der Waals surface area contributed by atoms with Crippen LogP contribution in [0, 0.1) is 24.7 Å². The third-order valence-electron chi connectivity index (χ3n) is 15.6. The van der Waals surface area contributed by atoms with Crippen LogP contribution >= 0.6 is 75.8 Å². The van der Waals surface area contributed by atoms with Gasteiger partial charge in [-0.25, -0.2) is 9.97 Å². The van der Waals surface area contributed by atoms with Gasteiger partial charge in [-0.15, -0.1) is 22.7 Å². The molecule has 2 saturated heterocycles. The van der Waals surface area contributed by atoms with Crippen molar-refractivity contribution in [2.45, 2.75) is 242 Å². The van der Waals surface area contributed by atoms with Crippen molar-refractivity contribution in [3.8, 4) is 20.9 Å². The summed E-state index contributed by atoms with van der Waals surface area (Å²) in [6.07, 6.45) is 7.85. The number of thiazole rings is 2. The number of unbranched alkanes of at least 4 members (excludes halogenated alkanes) is 4. The van der Waals surface area contributed by atoms with Crippen molar-refractivity contribution < 1.29 is 67.8 Å². The lowest BCUT2D eigenvalue weighted by Gasteiger charge is -2.35. The van der Waals surface area contributed by atoms with Gasteiger partial charge in [0.2, 0.25) is 29.5 Å². The number of alkyl halides is 1. The average molecular weight is 1760 g/mol. The second-order valence-electron chi connectivity index (χ2n) is 27.6. The molecule has 6 rings (SSSR count). The number of aromatic nitrogens is 2. The maximum Gasteiger partial charge on any atom is 0.306 e. The Kier molecular flexibility index (Phi) is 51.1. The predicted molar refractivity (Wildman–Crippen MR) is 431 cm³/mol. The van der Waals surface area contributed by atoms with Gasteiger partial charge in [0, 0.05) is 134 Å². The second-order valence-corrected chi connectivity index (χ2v) is 30.1. The minimum Gasteiger partial charge on any atom is -0.481 e. The Morgan fingerprint density at radius 1 is 0.608 bits per heavy atom. The fourth-order valence-corrected chi connectivity index (χ4v) is 12.0. The van der Waals surface area contributed by atoms with Gasteiger partial charge in [-0.3, -0.25) is 33.6 Å². The number of hydrogen-bond acceptors (Lipinski definition) is 19. The molecule has 2 aromatic carbocycles. The van der Waals surface area contributed by atoms with Gasteiger partial charge in [0.25, 0.3) is 0 Å². The molecule has 0 unspecified atom stereocenters. The van der Waals surface area contributed by atoms with E-state index >= 15 is 0 Å². The average Bonchev–Trinajstić information content (AvgIpc) is 1.61. The molecule has 580 valence electrons. The van der Waals surface area contributed by atoms with E-state index in [-0.39, 0.29) is 80.9 Å². The smallest absolute Gasteiger partial charge is 0.306 e. The van der Waals surface area contributed by atoms with Crippen molar-refractivity contribution in [2.75, 3.05) is 65.1 Å². The van der Waals surface area contributed by atoms with Gasteiger partial charge < -0.3 is 71.5 Å². The molecule has 2 aliphatic heterocycles. The number of carbonyl (C=O) groups excluding carboxylic acids is 6. The minimum atomic E-state index is -0.820. The van der Waals surface area contributed by atoms with E-state index in [0.29, 0.717) is 58.8 Å². The number of carboxylic acids is 1. The van der Waals surface area contributed by atoms with Crippen LogP contribution in [0.15, 0.2) is 59.6 Å². The highest BCUT2D eigenvalue weighted by molar-refractivity contribution is 15.0. The molecule has 10 N–H and O–H groups in total. The molecule has 0 spiro atoms. The van der Waals surface area contributed by atoms with Gasteiger partial charge in [-0.2, -0.15) is 0 Å². The Bertz CT molecular complexity index is 3000. The molecule has 28 heteroatoms. The summed E-state index contributed by atoms with van der Waals surface area (Å²) in [4.78, 5) is 100. The molecule has 6 atom stereocenters. The number of rotatable bonds is 33. The number of aryl methyl sites for hydroxylation is 2. The van der Waals surface area contributed by atoms with Crippen LogP contribution in [0.1, 0.15) is 196 Å². The highest BCUT2D eigenvalue weighted by Crippen LogP contribution is 2.31. The van der Waals surface area contributed by atoms with E-state index in [1.165, 1.54) is 16.8 Å². The molecule has 0 aliphatic carbocycles. The van der Waals surface area contributed by atoms with Crippen LogP contribution in [0.3, 0.4) is 0 Å². The van der Waals surface area contributed by atoms with Crippen LogP contribution in [-0.4, -0.2) is 184 Å². The lowest BCUT2D eigenvalue weighted by molar-refractivity contribution is -0.155. The standard InChI is InChI=1S/C30H44N4O5S.C22H30N4O3S.C11H21BrO3.C9H18O3.CH5N.CH4.I2/c1-6-14-39-15-8-7-9-25(36)33-27(30(3,4)5)29(38)34-18-23(35)16-24(34)28(37)31-17-21-10-12-22(13-11-21)26-20(2)32-19-40-26;1-13-18(30-12-25-13)15-7-5-14(6-8-15)10-24-20(28)17-9-16(27)11-26(17)21(29)19(23)22(2,3)4;1-11(2,3)15-10(13)6-4-5-8-14-9-7-12;1-2-3-7-12-8-5-4-6-9(10)11;1-2;;1-2/h10-13,19,23-24,27,35H,6-9,14-18H2,1-5H3,(H,31,37)(H,33,36);5-8,12,16-17,19,27H,9-11,23H2,1-4H3,(H,24,28);4-9H2,1-3H3;2-8H2,1H3,(H,10,11);2H2,1H3;1H4;/t23-,24+,27-;16-,17+,19-;;;;;/m11...../s1. The molecular weight excluding hydrogens is 1640 g/mol. The van der Waals surface area contributed by atoms with Crippen LogP contribution in [0.4, 0.5) is 0 Å². The number of aliphatic hydroxyl groups is 2. The van der Waals surface area contributed by atoms with E-state index in [1.807, 2.05) is 136 Å². The Morgan fingerprint density at radius 2 is 1.02 bits per heavy atom. The number of esters is 1. The first-order chi connectivity index (χ1) is 47.8. The number of amides is 5. The summed E-state index contributed by atoms with van der Waals surface area (Å²) in [5.74, 6) is -2.30. The molecule has 4 aromatic rings. The van der Waals surface area contributed by atoms with Crippen molar-refractivity contribution in [2.24, 2.45) is 22.3 Å². The van der Waals surface area contributed by atoms with Crippen molar-refractivity contribution in [3.63, 3.8) is 0 Å². The summed E-state index contributed by atoms with van der Waals surface area (Å²) in [6.45, 7) is 30.2. The monoisotopic (exact) mass is 1760 g/mol.